The normalized spacial score (nSPS) is 11.1. The number of amides is 2. The van der Waals surface area contributed by atoms with Gasteiger partial charge in [0.25, 0.3) is 5.91 Å². The maximum absolute atomic E-state index is 12.6. The number of halogens is 1. The van der Waals surface area contributed by atoms with Gasteiger partial charge in [0, 0.05) is 41.2 Å². The Kier molecular flexibility index (Phi) is 8.66. The van der Waals surface area contributed by atoms with Crippen molar-refractivity contribution in [2.24, 2.45) is 0 Å². The maximum atomic E-state index is 12.6. The lowest BCUT2D eigenvalue weighted by Crippen LogP contribution is -2.30. The van der Waals surface area contributed by atoms with Crippen LogP contribution >= 0.6 is 11.6 Å². The van der Waals surface area contributed by atoms with Gasteiger partial charge in [-0.1, -0.05) is 11.6 Å². The summed E-state index contributed by atoms with van der Waals surface area (Å²) in [5.41, 5.74) is 3.44. The molecule has 1 aromatic heterocycles. The fraction of sp³-hybridized carbons (Fsp3) is 0.375. The van der Waals surface area contributed by atoms with Gasteiger partial charge >= 0.3 is 5.97 Å². The van der Waals surface area contributed by atoms with Crippen LogP contribution in [0.3, 0.4) is 0 Å². The van der Waals surface area contributed by atoms with Gasteiger partial charge in [-0.25, -0.2) is 4.79 Å². The molecule has 1 aromatic carbocycles. The average molecular weight is 460 g/mol. The van der Waals surface area contributed by atoms with Gasteiger partial charge in [-0.2, -0.15) is 0 Å². The average Bonchev–Trinajstić information content (AvgIpc) is 2.96. The Morgan fingerprint density at radius 2 is 1.84 bits per heavy atom. The molecule has 0 spiro atoms. The number of hydrogen-bond acceptors (Lipinski definition) is 4. The van der Waals surface area contributed by atoms with Crippen molar-refractivity contribution in [1.29, 1.82) is 0 Å². The summed E-state index contributed by atoms with van der Waals surface area (Å²) in [6.07, 6.45) is 2.93. The van der Waals surface area contributed by atoms with Gasteiger partial charge in [0.2, 0.25) is 5.91 Å². The fourth-order valence-electron chi connectivity index (χ4n) is 3.49. The molecule has 2 N–H and O–H groups in total. The SMILES string of the molecule is CCOC(=O)c1c(C=CC(=O)Nc2cc(C(=O)NC(C)C)ccc2Cl)c(C)n(CC)c1C. The van der Waals surface area contributed by atoms with Crippen LogP contribution in [-0.4, -0.2) is 35.0 Å². The standard InChI is InChI=1S/C24H30ClN3O4/c1-7-28-15(5)18(22(16(28)6)24(31)32-8-2)10-12-21(29)27-20-13-17(9-11-19(20)25)23(30)26-14(3)4/h9-14H,7-8H2,1-6H3,(H,26,30)(H,27,29). The Morgan fingerprint density at radius 3 is 2.44 bits per heavy atom. The first-order valence-electron chi connectivity index (χ1n) is 10.6. The number of rotatable bonds is 8. The molecular weight excluding hydrogens is 430 g/mol. The van der Waals surface area contributed by atoms with Crippen molar-refractivity contribution in [2.45, 2.75) is 54.1 Å². The van der Waals surface area contributed by atoms with Crippen molar-refractivity contribution in [1.82, 2.24) is 9.88 Å². The van der Waals surface area contributed by atoms with Crippen LogP contribution in [0, 0.1) is 13.8 Å². The van der Waals surface area contributed by atoms with E-state index in [1.54, 1.807) is 25.1 Å². The van der Waals surface area contributed by atoms with Crippen molar-refractivity contribution < 1.29 is 19.1 Å². The van der Waals surface area contributed by atoms with Crippen molar-refractivity contribution in [3.8, 4) is 0 Å². The molecule has 2 aromatic rings. The number of carbonyl (C=O) groups is 3. The van der Waals surface area contributed by atoms with Gasteiger partial charge in [0.15, 0.2) is 0 Å². The van der Waals surface area contributed by atoms with Crippen LogP contribution in [-0.2, 0) is 16.1 Å². The summed E-state index contributed by atoms with van der Waals surface area (Å²) in [5.74, 6) is -1.12. The Morgan fingerprint density at radius 1 is 1.16 bits per heavy atom. The minimum atomic E-state index is -0.440. The molecule has 7 nitrogen and oxygen atoms in total. The highest BCUT2D eigenvalue weighted by Gasteiger charge is 2.22. The Bertz CT molecular complexity index is 1050. The lowest BCUT2D eigenvalue weighted by molar-refractivity contribution is -0.111. The van der Waals surface area contributed by atoms with E-state index in [0.29, 0.717) is 33.9 Å². The molecule has 1 heterocycles. The first-order chi connectivity index (χ1) is 15.1. The molecule has 2 rings (SSSR count). The number of esters is 1. The minimum Gasteiger partial charge on any atom is -0.462 e. The van der Waals surface area contributed by atoms with Gasteiger partial charge in [-0.15, -0.1) is 0 Å². The van der Waals surface area contributed by atoms with E-state index in [-0.39, 0.29) is 18.6 Å². The Balaban J connectivity index is 2.30. The summed E-state index contributed by atoms with van der Waals surface area (Å²) in [4.78, 5) is 37.3. The third-order valence-corrected chi connectivity index (χ3v) is 5.26. The van der Waals surface area contributed by atoms with E-state index in [4.69, 9.17) is 16.3 Å². The highest BCUT2D eigenvalue weighted by Crippen LogP contribution is 2.26. The van der Waals surface area contributed by atoms with Crippen LogP contribution in [0.2, 0.25) is 5.02 Å². The molecular formula is C24H30ClN3O4. The number of nitrogens with one attached hydrogen (secondary N) is 2. The zero-order chi connectivity index (χ0) is 24.0. The third kappa shape index (κ3) is 5.79. The van der Waals surface area contributed by atoms with Crippen LogP contribution in [0.4, 0.5) is 5.69 Å². The molecule has 0 fully saturated rings. The van der Waals surface area contributed by atoms with E-state index < -0.39 is 11.9 Å². The monoisotopic (exact) mass is 459 g/mol. The van der Waals surface area contributed by atoms with Gasteiger partial charge in [0.05, 0.1) is 22.9 Å². The summed E-state index contributed by atoms with van der Waals surface area (Å²) in [6.45, 7) is 12.2. The summed E-state index contributed by atoms with van der Waals surface area (Å²) >= 11 is 6.20. The molecule has 2 amide bonds. The smallest absolute Gasteiger partial charge is 0.340 e. The molecule has 32 heavy (non-hydrogen) atoms. The zero-order valence-electron chi connectivity index (χ0n) is 19.3. The van der Waals surface area contributed by atoms with E-state index in [2.05, 4.69) is 10.6 Å². The highest BCUT2D eigenvalue weighted by atomic mass is 35.5. The largest absolute Gasteiger partial charge is 0.462 e. The van der Waals surface area contributed by atoms with Gasteiger partial charge in [-0.05, 0) is 65.8 Å². The maximum Gasteiger partial charge on any atom is 0.340 e. The first-order valence-corrected chi connectivity index (χ1v) is 10.9. The number of anilines is 1. The van der Waals surface area contributed by atoms with E-state index >= 15 is 0 Å². The number of hydrogen-bond donors (Lipinski definition) is 2. The number of benzene rings is 1. The number of carbonyl (C=O) groups excluding carboxylic acids is 3. The van der Waals surface area contributed by atoms with Crippen molar-refractivity contribution in [2.75, 3.05) is 11.9 Å². The summed E-state index contributed by atoms with van der Waals surface area (Å²) in [6, 6.07) is 4.66. The summed E-state index contributed by atoms with van der Waals surface area (Å²) in [7, 11) is 0. The van der Waals surface area contributed by atoms with E-state index in [1.807, 2.05) is 39.2 Å². The quantitative estimate of drug-likeness (QED) is 0.440. The van der Waals surface area contributed by atoms with Crippen molar-refractivity contribution in [3.63, 3.8) is 0 Å². The van der Waals surface area contributed by atoms with Crippen LogP contribution in [0.1, 0.15) is 65.4 Å². The summed E-state index contributed by atoms with van der Waals surface area (Å²) in [5, 5.41) is 5.80. The zero-order valence-corrected chi connectivity index (χ0v) is 20.1. The van der Waals surface area contributed by atoms with Crippen LogP contribution in [0.25, 0.3) is 6.08 Å². The van der Waals surface area contributed by atoms with Crippen LogP contribution < -0.4 is 10.6 Å². The molecule has 0 saturated carbocycles. The molecule has 0 bridgehead atoms. The third-order valence-electron chi connectivity index (χ3n) is 4.93. The van der Waals surface area contributed by atoms with E-state index in [9.17, 15) is 14.4 Å². The fourth-order valence-corrected chi connectivity index (χ4v) is 3.65. The van der Waals surface area contributed by atoms with Crippen molar-refractivity contribution >= 4 is 41.1 Å². The Hall–Kier alpha value is -3.06. The molecule has 0 aliphatic heterocycles. The van der Waals surface area contributed by atoms with Gasteiger partial charge < -0.3 is 19.9 Å². The number of nitrogens with zero attached hydrogens (tertiary/aromatic N) is 1. The first kappa shape index (κ1) is 25.2. The molecule has 0 saturated heterocycles. The second-order valence-corrected chi connectivity index (χ2v) is 7.98. The van der Waals surface area contributed by atoms with Gasteiger partial charge in [0.1, 0.15) is 0 Å². The lowest BCUT2D eigenvalue weighted by Gasteiger charge is -2.11. The predicted octanol–water partition coefficient (Wildman–Crippen LogP) is 4.75. The highest BCUT2D eigenvalue weighted by molar-refractivity contribution is 6.34. The minimum absolute atomic E-state index is 0.0186. The second kappa shape index (κ2) is 11.0. The molecule has 172 valence electrons. The van der Waals surface area contributed by atoms with E-state index in [1.165, 1.54) is 12.1 Å². The number of aromatic nitrogens is 1. The molecule has 0 atom stereocenters. The Labute approximate surface area is 193 Å². The predicted molar refractivity (Wildman–Crippen MR) is 127 cm³/mol. The van der Waals surface area contributed by atoms with Crippen molar-refractivity contribution in [3.05, 3.63) is 57.4 Å². The molecule has 0 aliphatic rings. The van der Waals surface area contributed by atoms with E-state index in [0.717, 1.165) is 11.4 Å². The lowest BCUT2D eigenvalue weighted by atomic mass is 10.1. The number of ether oxygens (including phenoxy) is 1. The van der Waals surface area contributed by atoms with Crippen LogP contribution in [0.15, 0.2) is 24.3 Å². The molecule has 0 unspecified atom stereocenters. The molecule has 0 aliphatic carbocycles. The summed E-state index contributed by atoms with van der Waals surface area (Å²) < 4.78 is 7.20. The van der Waals surface area contributed by atoms with Crippen LogP contribution in [0.5, 0.6) is 0 Å². The second-order valence-electron chi connectivity index (χ2n) is 7.57. The topological polar surface area (TPSA) is 89.4 Å². The van der Waals surface area contributed by atoms with Gasteiger partial charge in [-0.3, -0.25) is 9.59 Å². The molecule has 0 radical (unpaired) electrons. The molecule has 8 heteroatoms.